The number of hydrogen-bond acceptors (Lipinski definition) is 2. The predicted molar refractivity (Wildman–Crippen MR) is 70.3 cm³/mol. The average molecular weight is 258 g/mol. The molecule has 0 saturated heterocycles. The van der Waals surface area contributed by atoms with Gasteiger partial charge in [-0.1, -0.05) is 11.6 Å². The quantitative estimate of drug-likeness (QED) is 0.786. The number of aromatic nitrogens is 2. The molecule has 90 valence electrons. The van der Waals surface area contributed by atoms with E-state index in [9.17, 15) is 0 Å². The van der Waals surface area contributed by atoms with Gasteiger partial charge >= 0.3 is 0 Å². The maximum Gasteiger partial charge on any atom is 0.162 e. The third-order valence-electron chi connectivity index (χ3n) is 3.33. The van der Waals surface area contributed by atoms with E-state index in [4.69, 9.17) is 16.9 Å². The van der Waals surface area contributed by atoms with Crippen molar-refractivity contribution in [3.63, 3.8) is 0 Å². The summed E-state index contributed by atoms with van der Waals surface area (Å²) >= 11 is 5.90. The van der Waals surface area contributed by atoms with Crippen LogP contribution in [-0.4, -0.2) is 9.55 Å². The number of halogens is 1. The van der Waals surface area contributed by atoms with Crippen molar-refractivity contribution in [2.24, 2.45) is 0 Å². The molecule has 2 heterocycles. The largest absolute Gasteiger partial charge is 0.327 e. The van der Waals surface area contributed by atoms with E-state index in [1.165, 1.54) is 0 Å². The van der Waals surface area contributed by atoms with E-state index in [2.05, 4.69) is 15.6 Å². The number of imidazole rings is 1. The number of nitrogens with zero attached hydrogens (tertiary/aromatic N) is 3. The fourth-order valence-electron chi connectivity index (χ4n) is 2.45. The molecule has 1 aromatic heterocycles. The van der Waals surface area contributed by atoms with Crippen molar-refractivity contribution in [2.45, 2.75) is 25.8 Å². The van der Waals surface area contributed by atoms with E-state index >= 15 is 0 Å². The van der Waals surface area contributed by atoms with Crippen LogP contribution in [0.25, 0.3) is 11.4 Å². The Morgan fingerprint density at radius 3 is 2.72 bits per heavy atom. The lowest BCUT2D eigenvalue weighted by atomic mass is 10.1. The summed E-state index contributed by atoms with van der Waals surface area (Å²) < 4.78 is 2.17. The van der Waals surface area contributed by atoms with Gasteiger partial charge in [-0.05, 0) is 43.5 Å². The summed E-state index contributed by atoms with van der Waals surface area (Å²) in [5.74, 6) is 0.887. The molecule has 0 unspecified atom stereocenters. The first kappa shape index (κ1) is 11.3. The normalized spacial score (nSPS) is 14.0. The van der Waals surface area contributed by atoms with E-state index in [0.717, 1.165) is 42.9 Å². The maximum atomic E-state index is 9.15. The van der Waals surface area contributed by atoms with Crippen LogP contribution in [0.1, 0.15) is 24.2 Å². The molecule has 2 aromatic rings. The van der Waals surface area contributed by atoms with E-state index in [1.807, 2.05) is 24.3 Å². The van der Waals surface area contributed by atoms with Gasteiger partial charge in [0.15, 0.2) is 5.69 Å². The molecule has 3 rings (SSSR count). The standard InChI is InChI=1S/C14H12ClN3/c15-11-6-4-10(5-7-11)14-17-12(9-16)13-3-1-2-8-18(13)14/h4-7H,1-3,8H2. The first-order chi connectivity index (χ1) is 8.79. The second-order valence-corrected chi connectivity index (χ2v) is 4.89. The minimum Gasteiger partial charge on any atom is -0.327 e. The molecule has 0 saturated carbocycles. The van der Waals surface area contributed by atoms with Crippen molar-refractivity contribution in [1.29, 1.82) is 5.26 Å². The molecule has 0 bridgehead atoms. The van der Waals surface area contributed by atoms with Crippen LogP contribution in [-0.2, 0) is 13.0 Å². The highest BCUT2D eigenvalue weighted by molar-refractivity contribution is 6.30. The Morgan fingerprint density at radius 2 is 2.00 bits per heavy atom. The van der Waals surface area contributed by atoms with E-state index < -0.39 is 0 Å². The Bertz CT molecular complexity index is 620. The van der Waals surface area contributed by atoms with Gasteiger partial charge in [-0.15, -0.1) is 0 Å². The van der Waals surface area contributed by atoms with Crippen LogP contribution in [0, 0.1) is 11.3 Å². The van der Waals surface area contributed by atoms with Crippen LogP contribution < -0.4 is 0 Å². The van der Waals surface area contributed by atoms with Crippen LogP contribution >= 0.6 is 11.6 Å². The van der Waals surface area contributed by atoms with Gasteiger partial charge in [-0.25, -0.2) is 4.98 Å². The molecule has 18 heavy (non-hydrogen) atoms. The Kier molecular flexibility index (Phi) is 2.81. The number of hydrogen-bond donors (Lipinski definition) is 0. The molecular weight excluding hydrogens is 246 g/mol. The van der Waals surface area contributed by atoms with Gasteiger partial charge in [0.2, 0.25) is 0 Å². The molecule has 3 nitrogen and oxygen atoms in total. The highest BCUT2D eigenvalue weighted by atomic mass is 35.5. The van der Waals surface area contributed by atoms with Crippen molar-refractivity contribution < 1.29 is 0 Å². The molecule has 0 fully saturated rings. The average Bonchev–Trinajstić information content (AvgIpc) is 2.79. The molecular formula is C14H12ClN3. The third kappa shape index (κ3) is 1.79. The van der Waals surface area contributed by atoms with Crippen molar-refractivity contribution >= 4 is 11.6 Å². The van der Waals surface area contributed by atoms with Crippen LogP contribution in [0.4, 0.5) is 0 Å². The van der Waals surface area contributed by atoms with Gasteiger partial charge in [0.25, 0.3) is 0 Å². The SMILES string of the molecule is N#Cc1nc(-c2ccc(Cl)cc2)n2c1CCCC2. The zero-order chi connectivity index (χ0) is 12.5. The summed E-state index contributed by atoms with van der Waals surface area (Å²) in [7, 11) is 0. The zero-order valence-corrected chi connectivity index (χ0v) is 10.6. The number of rotatable bonds is 1. The lowest BCUT2D eigenvalue weighted by Crippen LogP contribution is -2.11. The van der Waals surface area contributed by atoms with Gasteiger partial charge in [0.1, 0.15) is 11.9 Å². The summed E-state index contributed by atoms with van der Waals surface area (Å²) in [6.45, 7) is 0.946. The second-order valence-electron chi connectivity index (χ2n) is 4.46. The van der Waals surface area contributed by atoms with E-state index in [-0.39, 0.29) is 0 Å². The first-order valence-electron chi connectivity index (χ1n) is 6.05. The van der Waals surface area contributed by atoms with Crippen LogP contribution in [0.15, 0.2) is 24.3 Å². The molecule has 1 aliphatic rings. The van der Waals surface area contributed by atoms with Gasteiger partial charge in [-0.3, -0.25) is 0 Å². The van der Waals surface area contributed by atoms with Crippen molar-refractivity contribution in [2.75, 3.05) is 0 Å². The second kappa shape index (κ2) is 4.47. The Balaban J connectivity index is 2.15. The van der Waals surface area contributed by atoms with Gasteiger partial charge < -0.3 is 4.57 Å². The van der Waals surface area contributed by atoms with Gasteiger partial charge in [0.05, 0.1) is 5.69 Å². The molecule has 0 N–H and O–H groups in total. The molecule has 0 atom stereocenters. The van der Waals surface area contributed by atoms with Gasteiger partial charge in [-0.2, -0.15) is 5.26 Å². The monoisotopic (exact) mass is 257 g/mol. The maximum absolute atomic E-state index is 9.15. The number of nitriles is 1. The topological polar surface area (TPSA) is 41.6 Å². The smallest absolute Gasteiger partial charge is 0.162 e. The number of fused-ring (bicyclic) bond motifs is 1. The summed E-state index contributed by atoms with van der Waals surface area (Å²) in [4.78, 5) is 4.47. The van der Waals surface area contributed by atoms with Crippen molar-refractivity contribution in [1.82, 2.24) is 9.55 Å². The van der Waals surface area contributed by atoms with E-state index in [1.54, 1.807) is 0 Å². The number of benzene rings is 1. The first-order valence-corrected chi connectivity index (χ1v) is 6.43. The third-order valence-corrected chi connectivity index (χ3v) is 3.58. The Labute approximate surface area is 111 Å². The molecule has 0 radical (unpaired) electrons. The van der Waals surface area contributed by atoms with Gasteiger partial charge in [0, 0.05) is 17.1 Å². The zero-order valence-electron chi connectivity index (χ0n) is 9.86. The van der Waals surface area contributed by atoms with Crippen molar-refractivity contribution in [3.8, 4) is 17.5 Å². The fraction of sp³-hybridized carbons (Fsp3) is 0.286. The molecule has 4 heteroatoms. The highest BCUT2D eigenvalue weighted by Gasteiger charge is 2.20. The summed E-state index contributed by atoms with van der Waals surface area (Å²) in [5, 5.41) is 9.86. The minimum atomic E-state index is 0.569. The Morgan fingerprint density at radius 1 is 1.22 bits per heavy atom. The van der Waals surface area contributed by atoms with Crippen LogP contribution in [0.3, 0.4) is 0 Å². The Hall–Kier alpha value is -1.79. The summed E-state index contributed by atoms with van der Waals surface area (Å²) in [5.41, 5.74) is 2.66. The molecule has 0 aliphatic carbocycles. The predicted octanol–water partition coefficient (Wildman–Crippen LogP) is 3.41. The molecule has 1 aliphatic heterocycles. The van der Waals surface area contributed by atoms with E-state index in [0.29, 0.717) is 10.7 Å². The summed E-state index contributed by atoms with van der Waals surface area (Å²) in [6.07, 6.45) is 3.23. The van der Waals surface area contributed by atoms with Crippen LogP contribution in [0.5, 0.6) is 0 Å². The fourth-order valence-corrected chi connectivity index (χ4v) is 2.58. The minimum absolute atomic E-state index is 0.569. The van der Waals surface area contributed by atoms with Crippen molar-refractivity contribution in [3.05, 3.63) is 40.7 Å². The lowest BCUT2D eigenvalue weighted by molar-refractivity contribution is 0.535. The highest BCUT2D eigenvalue weighted by Crippen LogP contribution is 2.27. The van der Waals surface area contributed by atoms with Crippen LogP contribution in [0.2, 0.25) is 5.02 Å². The summed E-state index contributed by atoms with van der Waals surface area (Å²) in [6, 6.07) is 9.81. The molecule has 0 amide bonds. The molecule has 1 aromatic carbocycles. The molecule has 0 spiro atoms. The lowest BCUT2D eigenvalue weighted by Gasteiger charge is -2.16.